The van der Waals surface area contributed by atoms with E-state index in [1.807, 2.05) is 36.4 Å². The first kappa shape index (κ1) is 11.4. The Morgan fingerprint density at radius 1 is 0.875 bits per heavy atom. The van der Waals surface area contributed by atoms with Gasteiger partial charge in [-0.05, 0) is 17.7 Å². The van der Waals surface area contributed by atoms with Gasteiger partial charge in [0.2, 0.25) is 0 Å². The fourth-order valence-corrected chi connectivity index (χ4v) is 2.67. The maximum absolute atomic E-state index is 5.38. The smallest absolute Gasteiger partial charge is 0.0570 e. The summed E-state index contributed by atoms with van der Waals surface area (Å²) in [4.78, 5) is 1.21. The Balaban J connectivity index is 1.95. The summed E-state index contributed by atoms with van der Waals surface area (Å²) in [7, 11) is 0. The minimum Gasteiger partial charge on any atom is -0.0824 e. The number of benzene rings is 2. The Morgan fingerprint density at radius 2 is 1.44 bits per heavy atom. The molecule has 2 aromatic carbocycles. The molecular weight excluding hydrogens is 232 g/mol. The van der Waals surface area contributed by atoms with E-state index in [1.165, 1.54) is 10.5 Å². The van der Waals surface area contributed by atoms with Crippen molar-refractivity contribution in [2.75, 3.05) is 0 Å². The lowest BCUT2D eigenvalue weighted by Gasteiger charge is -2.03. The Hall–Kier alpha value is -1.12. The SMILES string of the molecule is S=C(Cc1ccccc1)Sc1ccccc1. The molecule has 0 aliphatic carbocycles. The van der Waals surface area contributed by atoms with Crippen LogP contribution in [0.15, 0.2) is 65.6 Å². The third-order valence-electron chi connectivity index (χ3n) is 2.17. The third kappa shape index (κ3) is 3.47. The van der Waals surface area contributed by atoms with E-state index in [2.05, 4.69) is 24.3 Å². The van der Waals surface area contributed by atoms with Crippen molar-refractivity contribution >= 4 is 28.2 Å². The van der Waals surface area contributed by atoms with E-state index in [1.54, 1.807) is 11.8 Å². The van der Waals surface area contributed by atoms with Crippen molar-refractivity contribution < 1.29 is 0 Å². The molecule has 2 heteroatoms. The molecule has 2 rings (SSSR count). The molecule has 0 nitrogen and oxygen atoms in total. The molecule has 0 radical (unpaired) electrons. The summed E-state index contributed by atoms with van der Waals surface area (Å²) >= 11 is 7.05. The van der Waals surface area contributed by atoms with Crippen molar-refractivity contribution in [1.82, 2.24) is 0 Å². The molecule has 0 unspecified atom stereocenters. The van der Waals surface area contributed by atoms with Crippen molar-refractivity contribution in [2.24, 2.45) is 0 Å². The first-order valence-electron chi connectivity index (χ1n) is 5.14. The molecule has 0 saturated heterocycles. The predicted octanol–water partition coefficient (Wildman–Crippen LogP) is 4.35. The fraction of sp³-hybridized carbons (Fsp3) is 0.0714. The van der Waals surface area contributed by atoms with E-state index in [-0.39, 0.29) is 0 Å². The highest BCUT2D eigenvalue weighted by Crippen LogP contribution is 2.21. The third-order valence-corrected chi connectivity index (χ3v) is 3.44. The lowest BCUT2D eigenvalue weighted by atomic mass is 10.2. The molecule has 0 aliphatic rings. The summed E-state index contributed by atoms with van der Waals surface area (Å²) in [6.45, 7) is 0. The van der Waals surface area contributed by atoms with Crippen LogP contribution in [0.25, 0.3) is 0 Å². The Morgan fingerprint density at radius 3 is 2.06 bits per heavy atom. The summed E-state index contributed by atoms with van der Waals surface area (Å²) in [6.07, 6.45) is 0.857. The summed E-state index contributed by atoms with van der Waals surface area (Å²) in [5.41, 5.74) is 1.27. The Bertz CT molecular complexity index is 405. The molecule has 0 aromatic heterocycles. The van der Waals surface area contributed by atoms with E-state index in [0.717, 1.165) is 10.6 Å². The summed E-state index contributed by atoms with van der Waals surface area (Å²) in [5, 5.41) is 0. The van der Waals surface area contributed by atoms with Crippen LogP contribution in [0.2, 0.25) is 0 Å². The van der Waals surface area contributed by atoms with Crippen LogP contribution >= 0.6 is 24.0 Å². The van der Waals surface area contributed by atoms with Crippen molar-refractivity contribution in [2.45, 2.75) is 11.3 Å². The van der Waals surface area contributed by atoms with Crippen molar-refractivity contribution in [1.29, 1.82) is 0 Å². The highest BCUT2D eigenvalue weighted by Gasteiger charge is 2.01. The zero-order valence-corrected chi connectivity index (χ0v) is 10.4. The second-order valence-electron chi connectivity index (χ2n) is 3.45. The molecule has 0 atom stereocenters. The molecule has 80 valence electrons. The molecule has 2 aromatic rings. The van der Waals surface area contributed by atoms with Gasteiger partial charge in [-0.2, -0.15) is 0 Å². The maximum atomic E-state index is 5.38. The summed E-state index contributed by atoms with van der Waals surface area (Å²) in [5.74, 6) is 0. The topological polar surface area (TPSA) is 0 Å². The summed E-state index contributed by atoms with van der Waals surface area (Å²) in [6, 6.07) is 20.6. The van der Waals surface area contributed by atoms with Crippen LogP contribution in [-0.2, 0) is 6.42 Å². The number of hydrogen-bond donors (Lipinski definition) is 0. The molecule has 0 spiro atoms. The van der Waals surface area contributed by atoms with Crippen LogP contribution < -0.4 is 0 Å². The minimum absolute atomic E-state index is 0.857. The van der Waals surface area contributed by atoms with Gasteiger partial charge in [-0.1, -0.05) is 72.5 Å². The average Bonchev–Trinajstić information content (AvgIpc) is 2.31. The van der Waals surface area contributed by atoms with Crippen LogP contribution in [0.1, 0.15) is 5.56 Å². The molecular formula is C14H12S2. The first-order chi connectivity index (χ1) is 7.84. The summed E-state index contributed by atoms with van der Waals surface area (Å²) < 4.78 is 1.01. The molecule has 0 aliphatic heterocycles. The van der Waals surface area contributed by atoms with Crippen molar-refractivity contribution in [3.8, 4) is 0 Å². The zero-order chi connectivity index (χ0) is 11.2. The van der Waals surface area contributed by atoms with Gasteiger partial charge in [-0.25, -0.2) is 0 Å². The normalized spacial score (nSPS) is 10.0. The second-order valence-corrected chi connectivity index (χ2v) is 5.37. The van der Waals surface area contributed by atoms with E-state index < -0.39 is 0 Å². The van der Waals surface area contributed by atoms with Gasteiger partial charge in [0.25, 0.3) is 0 Å². The second kappa shape index (κ2) is 5.83. The lowest BCUT2D eigenvalue weighted by molar-refractivity contribution is 1.37. The number of hydrogen-bond acceptors (Lipinski definition) is 2. The molecule has 0 bridgehead atoms. The van der Waals surface area contributed by atoms with Crippen LogP contribution in [0.3, 0.4) is 0 Å². The number of thiocarbonyl (C=S) groups is 1. The molecule has 0 saturated carbocycles. The fourth-order valence-electron chi connectivity index (χ4n) is 1.42. The lowest BCUT2D eigenvalue weighted by Crippen LogP contribution is -1.94. The Labute approximate surface area is 106 Å². The monoisotopic (exact) mass is 244 g/mol. The number of thioether (sulfide) groups is 1. The highest BCUT2D eigenvalue weighted by molar-refractivity contribution is 8.23. The van der Waals surface area contributed by atoms with Crippen LogP contribution in [0.4, 0.5) is 0 Å². The van der Waals surface area contributed by atoms with E-state index >= 15 is 0 Å². The molecule has 0 fully saturated rings. The zero-order valence-electron chi connectivity index (χ0n) is 8.80. The predicted molar refractivity (Wildman–Crippen MR) is 75.0 cm³/mol. The van der Waals surface area contributed by atoms with E-state index in [0.29, 0.717) is 0 Å². The minimum atomic E-state index is 0.857. The van der Waals surface area contributed by atoms with Gasteiger partial charge < -0.3 is 0 Å². The van der Waals surface area contributed by atoms with Gasteiger partial charge in [-0.15, -0.1) is 0 Å². The standard InChI is InChI=1S/C14H12S2/c15-14(11-12-7-3-1-4-8-12)16-13-9-5-2-6-10-13/h1-10H,11H2. The van der Waals surface area contributed by atoms with E-state index in [9.17, 15) is 0 Å². The largest absolute Gasteiger partial charge is 0.0824 e. The van der Waals surface area contributed by atoms with Gasteiger partial charge in [0.1, 0.15) is 0 Å². The van der Waals surface area contributed by atoms with Gasteiger partial charge in [0.15, 0.2) is 0 Å². The number of rotatable bonds is 3. The van der Waals surface area contributed by atoms with Gasteiger partial charge in [-0.3, -0.25) is 0 Å². The van der Waals surface area contributed by atoms with Crippen LogP contribution in [0.5, 0.6) is 0 Å². The van der Waals surface area contributed by atoms with Crippen molar-refractivity contribution in [3.63, 3.8) is 0 Å². The van der Waals surface area contributed by atoms with Gasteiger partial charge in [0, 0.05) is 11.3 Å². The molecule has 16 heavy (non-hydrogen) atoms. The van der Waals surface area contributed by atoms with Gasteiger partial charge in [0.05, 0.1) is 4.20 Å². The molecule has 0 amide bonds. The highest BCUT2D eigenvalue weighted by atomic mass is 32.2. The Kier molecular flexibility index (Phi) is 4.14. The molecule has 0 heterocycles. The van der Waals surface area contributed by atoms with Crippen molar-refractivity contribution in [3.05, 3.63) is 66.2 Å². The van der Waals surface area contributed by atoms with Crippen LogP contribution in [-0.4, -0.2) is 4.20 Å². The molecule has 0 N–H and O–H groups in total. The quantitative estimate of drug-likeness (QED) is 0.581. The van der Waals surface area contributed by atoms with Gasteiger partial charge >= 0.3 is 0 Å². The average molecular weight is 244 g/mol. The first-order valence-corrected chi connectivity index (χ1v) is 6.37. The maximum Gasteiger partial charge on any atom is 0.0570 e. The van der Waals surface area contributed by atoms with Crippen LogP contribution in [0, 0.1) is 0 Å². The van der Waals surface area contributed by atoms with E-state index in [4.69, 9.17) is 12.2 Å².